The summed E-state index contributed by atoms with van der Waals surface area (Å²) in [6.07, 6.45) is 4.51. The van der Waals surface area contributed by atoms with Gasteiger partial charge in [-0.15, -0.1) is 12.4 Å². The fourth-order valence-corrected chi connectivity index (χ4v) is 4.45. The van der Waals surface area contributed by atoms with Crippen LogP contribution in [0.1, 0.15) is 35.7 Å². The molecule has 1 atom stereocenters. The van der Waals surface area contributed by atoms with Crippen molar-refractivity contribution in [2.75, 3.05) is 41.7 Å². The number of nitrogens with zero attached hydrogens (tertiary/aromatic N) is 4. The number of carbonyl (C=O) groups is 2. The summed E-state index contributed by atoms with van der Waals surface area (Å²) in [7, 11) is 0. The van der Waals surface area contributed by atoms with E-state index < -0.39 is 0 Å². The zero-order chi connectivity index (χ0) is 22.9. The predicted molar refractivity (Wildman–Crippen MR) is 134 cm³/mol. The molecule has 0 aliphatic carbocycles. The van der Waals surface area contributed by atoms with Crippen LogP contribution < -0.4 is 15.5 Å². The van der Waals surface area contributed by atoms with E-state index in [9.17, 15) is 14.7 Å². The number of amides is 1. The lowest BCUT2D eigenvalue weighted by molar-refractivity contribution is -0.114. The molecular formula is C24H27ClN6O3. The van der Waals surface area contributed by atoms with Gasteiger partial charge in [0.15, 0.2) is 5.78 Å². The number of aliphatic hydroxyl groups excluding tert-OH is 1. The molecule has 1 fully saturated rings. The van der Waals surface area contributed by atoms with Crippen LogP contribution >= 0.6 is 12.4 Å². The topological polar surface area (TPSA) is 110 Å². The van der Waals surface area contributed by atoms with E-state index in [4.69, 9.17) is 0 Å². The number of ketones is 1. The molecule has 178 valence electrons. The van der Waals surface area contributed by atoms with Crippen molar-refractivity contribution in [2.45, 2.75) is 25.9 Å². The van der Waals surface area contributed by atoms with Gasteiger partial charge in [-0.25, -0.2) is 4.98 Å². The predicted octanol–water partition coefficient (Wildman–Crippen LogP) is 2.63. The van der Waals surface area contributed by atoms with Gasteiger partial charge >= 0.3 is 0 Å². The van der Waals surface area contributed by atoms with Gasteiger partial charge < -0.3 is 25.5 Å². The zero-order valence-corrected chi connectivity index (χ0v) is 19.6. The first kappa shape index (κ1) is 23.7. The number of anilines is 3. The van der Waals surface area contributed by atoms with Crippen LogP contribution in [0.3, 0.4) is 0 Å². The van der Waals surface area contributed by atoms with E-state index in [1.807, 2.05) is 4.90 Å². The summed E-state index contributed by atoms with van der Waals surface area (Å²) in [6, 6.07) is 9.44. The van der Waals surface area contributed by atoms with Crippen LogP contribution in [0.2, 0.25) is 0 Å². The molecule has 1 unspecified atom stereocenters. The van der Waals surface area contributed by atoms with E-state index in [0.29, 0.717) is 36.8 Å². The fourth-order valence-electron chi connectivity index (χ4n) is 4.45. The van der Waals surface area contributed by atoms with E-state index in [2.05, 4.69) is 43.7 Å². The molecule has 34 heavy (non-hydrogen) atoms. The van der Waals surface area contributed by atoms with Gasteiger partial charge in [-0.1, -0.05) is 0 Å². The lowest BCUT2D eigenvalue weighted by Crippen LogP contribution is -2.39. The Bertz CT molecular complexity index is 1160. The Morgan fingerprint density at radius 1 is 1.24 bits per heavy atom. The number of nitrogens with one attached hydrogen (secondary N) is 2. The molecule has 10 heteroatoms. The first-order valence-corrected chi connectivity index (χ1v) is 11.1. The van der Waals surface area contributed by atoms with E-state index in [1.54, 1.807) is 18.2 Å². The van der Waals surface area contributed by atoms with Crippen molar-refractivity contribution in [1.82, 2.24) is 9.88 Å². The number of aliphatic hydroxyl groups is 1. The number of halogens is 1. The number of aliphatic imine (C=N–C) groups is 1. The van der Waals surface area contributed by atoms with Gasteiger partial charge in [0, 0.05) is 55.6 Å². The first-order valence-electron chi connectivity index (χ1n) is 11.1. The van der Waals surface area contributed by atoms with Crippen LogP contribution in [0, 0.1) is 0 Å². The average molecular weight is 483 g/mol. The number of amidine groups is 1. The number of hydrogen-bond acceptors (Lipinski definition) is 8. The van der Waals surface area contributed by atoms with Gasteiger partial charge in [0.05, 0.1) is 18.3 Å². The van der Waals surface area contributed by atoms with Crippen molar-refractivity contribution >= 4 is 47.1 Å². The van der Waals surface area contributed by atoms with Crippen molar-refractivity contribution in [3.05, 3.63) is 59.6 Å². The van der Waals surface area contributed by atoms with E-state index in [0.717, 1.165) is 42.2 Å². The van der Waals surface area contributed by atoms with Gasteiger partial charge in [-0.2, -0.15) is 0 Å². The number of allylic oxidation sites excluding steroid dienone is 1. The standard InChI is InChI=1S/C24H26N6O3.ClH/c1-15(31)27-22-7-4-16(13-26-22)21(33)12-23-28-20-11-17(29-9-2-3-18(32)14-29)5-6-19(20)24-25-8-10-30(23)24;/h4-7,11-13,18,28,32H,2-3,8-10,14H2,1H3,(H,26,27,31);1H. The second-order valence-electron chi connectivity index (χ2n) is 8.46. The highest BCUT2D eigenvalue weighted by Gasteiger charge is 2.30. The number of fused-ring (bicyclic) bond motifs is 3. The highest BCUT2D eigenvalue weighted by Crippen LogP contribution is 2.34. The second kappa shape index (κ2) is 9.82. The fraction of sp³-hybridized carbons (Fsp3) is 0.333. The Hall–Kier alpha value is -3.43. The molecule has 4 heterocycles. The van der Waals surface area contributed by atoms with Gasteiger partial charge in [0.1, 0.15) is 17.5 Å². The smallest absolute Gasteiger partial charge is 0.222 e. The van der Waals surface area contributed by atoms with Crippen molar-refractivity contribution < 1.29 is 14.7 Å². The first-order chi connectivity index (χ1) is 16.0. The molecule has 0 saturated carbocycles. The van der Waals surface area contributed by atoms with Gasteiger partial charge in [-0.05, 0) is 43.2 Å². The van der Waals surface area contributed by atoms with Gasteiger partial charge in [0.25, 0.3) is 0 Å². The summed E-state index contributed by atoms with van der Waals surface area (Å²) in [4.78, 5) is 37.1. The van der Waals surface area contributed by atoms with Crippen LogP contribution in [-0.4, -0.2) is 64.8 Å². The summed E-state index contributed by atoms with van der Waals surface area (Å²) in [6.45, 7) is 4.29. The Labute approximate surface area is 204 Å². The number of pyridine rings is 1. The highest BCUT2D eigenvalue weighted by molar-refractivity contribution is 6.10. The molecule has 5 rings (SSSR count). The van der Waals surface area contributed by atoms with Crippen LogP contribution in [0.5, 0.6) is 0 Å². The summed E-state index contributed by atoms with van der Waals surface area (Å²) in [5.74, 6) is 1.52. The lowest BCUT2D eigenvalue weighted by Gasteiger charge is -2.35. The molecular weight excluding hydrogens is 456 g/mol. The maximum absolute atomic E-state index is 13.0. The molecule has 0 bridgehead atoms. The van der Waals surface area contributed by atoms with Crippen LogP contribution in [0.4, 0.5) is 17.2 Å². The van der Waals surface area contributed by atoms with Crippen molar-refractivity contribution in [1.29, 1.82) is 0 Å². The third-order valence-electron chi connectivity index (χ3n) is 6.02. The molecule has 3 aliphatic heterocycles. The monoisotopic (exact) mass is 482 g/mol. The number of aromatic nitrogens is 1. The van der Waals surface area contributed by atoms with Crippen molar-refractivity contribution in [3.63, 3.8) is 0 Å². The zero-order valence-electron chi connectivity index (χ0n) is 18.8. The minimum absolute atomic E-state index is 0. The number of rotatable bonds is 4. The maximum Gasteiger partial charge on any atom is 0.222 e. The van der Waals surface area contributed by atoms with E-state index in [-0.39, 0.29) is 30.2 Å². The molecule has 0 radical (unpaired) electrons. The van der Waals surface area contributed by atoms with Gasteiger partial charge in [0.2, 0.25) is 5.91 Å². The summed E-state index contributed by atoms with van der Waals surface area (Å²) in [5.41, 5.74) is 3.36. The summed E-state index contributed by atoms with van der Waals surface area (Å²) < 4.78 is 0. The molecule has 1 aromatic heterocycles. The van der Waals surface area contributed by atoms with Crippen molar-refractivity contribution in [2.24, 2.45) is 4.99 Å². The van der Waals surface area contributed by atoms with Crippen molar-refractivity contribution in [3.8, 4) is 0 Å². The number of carbonyl (C=O) groups excluding carboxylic acids is 2. The summed E-state index contributed by atoms with van der Waals surface area (Å²) >= 11 is 0. The van der Waals surface area contributed by atoms with E-state index in [1.165, 1.54) is 13.1 Å². The third kappa shape index (κ3) is 4.76. The molecule has 0 spiro atoms. The minimum atomic E-state index is -0.309. The second-order valence-corrected chi connectivity index (χ2v) is 8.46. The molecule has 9 nitrogen and oxygen atoms in total. The minimum Gasteiger partial charge on any atom is -0.391 e. The van der Waals surface area contributed by atoms with Crippen LogP contribution in [0.25, 0.3) is 0 Å². The van der Waals surface area contributed by atoms with Gasteiger partial charge in [-0.3, -0.25) is 14.6 Å². The normalized spacial score (nSPS) is 20.0. The molecule has 1 aromatic carbocycles. The molecule has 1 amide bonds. The largest absolute Gasteiger partial charge is 0.391 e. The third-order valence-corrected chi connectivity index (χ3v) is 6.02. The summed E-state index contributed by atoms with van der Waals surface area (Å²) in [5, 5.41) is 16.1. The average Bonchev–Trinajstić information content (AvgIpc) is 3.29. The Kier molecular flexibility index (Phi) is 6.85. The maximum atomic E-state index is 13.0. The number of benzene rings is 1. The quantitative estimate of drug-likeness (QED) is 0.454. The Morgan fingerprint density at radius 2 is 2.09 bits per heavy atom. The number of hydrogen-bond donors (Lipinski definition) is 3. The molecule has 1 saturated heterocycles. The Balaban J connectivity index is 0.00000274. The van der Waals surface area contributed by atoms with E-state index >= 15 is 0 Å². The SMILES string of the molecule is CC(=O)Nc1ccc(C(=O)C=C2Nc3cc(N4CCCC(O)C4)ccc3C3=NCCN23)cn1.Cl. The molecule has 3 aliphatic rings. The Morgan fingerprint density at radius 3 is 2.82 bits per heavy atom. The number of β-amino-alcohol motifs (C(OH)–C–C–N with tert-alkyl or cyclic N) is 1. The van der Waals surface area contributed by atoms with Crippen LogP contribution in [-0.2, 0) is 4.79 Å². The lowest BCUT2D eigenvalue weighted by atomic mass is 10.0. The highest BCUT2D eigenvalue weighted by atomic mass is 35.5. The number of piperidine rings is 1. The molecule has 2 aromatic rings. The van der Waals surface area contributed by atoms with Crippen LogP contribution in [0.15, 0.2) is 53.4 Å². The molecule has 3 N–H and O–H groups in total.